The number of aryl methyl sites for hydroxylation is 1. The van der Waals surface area contributed by atoms with Crippen molar-refractivity contribution in [3.8, 4) is 0 Å². The maximum absolute atomic E-state index is 5.94. The van der Waals surface area contributed by atoms with Crippen molar-refractivity contribution in [2.24, 2.45) is 4.99 Å². The van der Waals surface area contributed by atoms with Gasteiger partial charge in [-0.25, -0.2) is 0 Å². The molecule has 1 heterocycles. The summed E-state index contributed by atoms with van der Waals surface area (Å²) in [5.74, 6) is 1.85. The van der Waals surface area contributed by atoms with Gasteiger partial charge in [-0.2, -0.15) is 0 Å². The van der Waals surface area contributed by atoms with E-state index in [2.05, 4.69) is 37.3 Å². The number of aromatic nitrogens is 3. The molecule has 1 aromatic rings. The Balaban J connectivity index is 1.53. The van der Waals surface area contributed by atoms with Crippen LogP contribution in [0.3, 0.4) is 0 Å². The van der Waals surface area contributed by atoms with Crippen LogP contribution in [0.1, 0.15) is 51.3 Å². The van der Waals surface area contributed by atoms with Crippen molar-refractivity contribution < 1.29 is 4.74 Å². The molecule has 0 amide bonds. The van der Waals surface area contributed by atoms with Crippen molar-refractivity contribution in [2.45, 2.75) is 64.5 Å². The van der Waals surface area contributed by atoms with Gasteiger partial charge in [-0.3, -0.25) is 4.99 Å². The Hall–Kier alpha value is -1.63. The van der Waals surface area contributed by atoms with Crippen LogP contribution in [-0.4, -0.2) is 53.6 Å². The highest BCUT2D eigenvalue weighted by atomic mass is 16.5. The molecule has 0 saturated heterocycles. The van der Waals surface area contributed by atoms with E-state index >= 15 is 0 Å². The first-order chi connectivity index (χ1) is 11.8. The lowest BCUT2D eigenvalue weighted by atomic mass is 9.98. The highest BCUT2D eigenvalue weighted by Crippen LogP contribution is 2.20. The molecule has 1 fully saturated rings. The van der Waals surface area contributed by atoms with Crippen molar-refractivity contribution in [3.63, 3.8) is 0 Å². The summed E-state index contributed by atoms with van der Waals surface area (Å²) in [4.78, 5) is 4.25. The summed E-state index contributed by atoms with van der Waals surface area (Å²) < 4.78 is 8.00. The molecule has 7 nitrogen and oxygen atoms in total. The SMILES string of the molecule is CCc1nncn1CCNC(=NC)NCCCOC1CCCCC1. The number of nitrogens with one attached hydrogen (secondary N) is 2. The molecular formula is C17H32N6O. The molecule has 2 rings (SSSR count). The molecular weight excluding hydrogens is 304 g/mol. The van der Waals surface area contributed by atoms with Gasteiger partial charge in [-0.15, -0.1) is 10.2 Å². The molecule has 0 spiro atoms. The zero-order valence-electron chi connectivity index (χ0n) is 15.1. The van der Waals surface area contributed by atoms with Crippen LogP contribution in [0.5, 0.6) is 0 Å². The molecule has 136 valence electrons. The highest BCUT2D eigenvalue weighted by Gasteiger charge is 2.12. The van der Waals surface area contributed by atoms with Crippen LogP contribution >= 0.6 is 0 Å². The Labute approximate surface area is 145 Å². The number of ether oxygens (including phenoxy) is 1. The van der Waals surface area contributed by atoms with Gasteiger partial charge < -0.3 is 19.9 Å². The van der Waals surface area contributed by atoms with Crippen LogP contribution in [0.2, 0.25) is 0 Å². The molecule has 7 heteroatoms. The average molecular weight is 336 g/mol. The number of aliphatic imine (C=N–C) groups is 1. The van der Waals surface area contributed by atoms with E-state index in [4.69, 9.17) is 4.74 Å². The first kappa shape index (κ1) is 18.7. The summed E-state index contributed by atoms with van der Waals surface area (Å²) >= 11 is 0. The maximum Gasteiger partial charge on any atom is 0.191 e. The molecule has 1 saturated carbocycles. The van der Waals surface area contributed by atoms with Crippen LogP contribution in [0, 0.1) is 0 Å². The molecule has 24 heavy (non-hydrogen) atoms. The first-order valence-electron chi connectivity index (χ1n) is 9.26. The second-order valence-electron chi connectivity index (χ2n) is 6.20. The molecule has 0 aromatic carbocycles. The third-order valence-electron chi connectivity index (χ3n) is 4.40. The van der Waals surface area contributed by atoms with E-state index < -0.39 is 0 Å². The molecule has 0 aliphatic heterocycles. The van der Waals surface area contributed by atoms with Crippen LogP contribution in [-0.2, 0) is 17.7 Å². The zero-order valence-corrected chi connectivity index (χ0v) is 15.1. The summed E-state index contributed by atoms with van der Waals surface area (Å²) in [6, 6.07) is 0. The smallest absolute Gasteiger partial charge is 0.191 e. The number of nitrogens with zero attached hydrogens (tertiary/aromatic N) is 4. The second kappa shape index (κ2) is 11.0. The van der Waals surface area contributed by atoms with E-state index in [-0.39, 0.29) is 0 Å². The Morgan fingerprint density at radius 2 is 2.08 bits per heavy atom. The lowest BCUT2D eigenvalue weighted by molar-refractivity contribution is 0.0277. The van der Waals surface area contributed by atoms with Gasteiger partial charge in [0, 0.05) is 39.7 Å². The van der Waals surface area contributed by atoms with Crippen LogP contribution in [0.15, 0.2) is 11.3 Å². The number of guanidine groups is 1. The highest BCUT2D eigenvalue weighted by molar-refractivity contribution is 5.79. The van der Waals surface area contributed by atoms with E-state index in [0.717, 1.165) is 50.9 Å². The van der Waals surface area contributed by atoms with Gasteiger partial charge in [0.2, 0.25) is 0 Å². The fourth-order valence-corrected chi connectivity index (χ4v) is 3.02. The Kier molecular flexibility index (Phi) is 8.59. The van der Waals surface area contributed by atoms with Gasteiger partial charge in [0.1, 0.15) is 12.2 Å². The largest absolute Gasteiger partial charge is 0.378 e. The minimum Gasteiger partial charge on any atom is -0.378 e. The predicted octanol–water partition coefficient (Wildman–Crippen LogP) is 1.74. The third-order valence-corrected chi connectivity index (χ3v) is 4.40. The fraction of sp³-hybridized carbons (Fsp3) is 0.824. The van der Waals surface area contributed by atoms with Crippen molar-refractivity contribution in [3.05, 3.63) is 12.2 Å². The molecule has 0 unspecified atom stereocenters. The minimum atomic E-state index is 0.493. The van der Waals surface area contributed by atoms with Crippen molar-refractivity contribution >= 4 is 5.96 Å². The van der Waals surface area contributed by atoms with Crippen molar-refractivity contribution in [1.29, 1.82) is 0 Å². The van der Waals surface area contributed by atoms with E-state index in [0.29, 0.717) is 6.10 Å². The minimum absolute atomic E-state index is 0.493. The predicted molar refractivity (Wildman–Crippen MR) is 96.2 cm³/mol. The number of hydrogen-bond donors (Lipinski definition) is 2. The Morgan fingerprint density at radius 1 is 1.29 bits per heavy atom. The Morgan fingerprint density at radius 3 is 2.83 bits per heavy atom. The zero-order chi connectivity index (χ0) is 17.0. The summed E-state index contributed by atoms with van der Waals surface area (Å²) in [5.41, 5.74) is 0. The van der Waals surface area contributed by atoms with Crippen molar-refractivity contribution in [1.82, 2.24) is 25.4 Å². The van der Waals surface area contributed by atoms with E-state index in [9.17, 15) is 0 Å². The molecule has 0 atom stereocenters. The van der Waals surface area contributed by atoms with E-state index in [1.807, 2.05) is 0 Å². The Bertz CT molecular complexity index is 481. The fourth-order valence-electron chi connectivity index (χ4n) is 3.02. The third kappa shape index (κ3) is 6.47. The molecule has 0 radical (unpaired) electrons. The standard InChI is InChI=1S/C17H32N6O/c1-3-16-22-21-14-23(16)12-11-20-17(18-2)19-10-7-13-24-15-8-5-4-6-9-15/h14-15H,3-13H2,1-2H3,(H2,18,19,20). The van der Waals surface area contributed by atoms with E-state index in [1.54, 1.807) is 13.4 Å². The maximum atomic E-state index is 5.94. The average Bonchev–Trinajstić information content (AvgIpc) is 3.08. The van der Waals surface area contributed by atoms with Gasteiger partial charge in [-0.1, -0.05) is 26.2 Å². The summed E-state index contributed by atoms with van der Waals surface area (Å²) in [7, 11) is 1.80. The van der Waals surface area contributed by atoms with Crippen LogP contribution in [0.25, 0.3) is 0 Å². The summed E-state index contributed by atoms with van der Waals surface area (Å²) in [6.45, 7) is 5.42. The lowest BCUT2D eigenvalue weighted by Crippen LogP contribution is -2.39. The molecule has 0 bridgehead atoms. The van der Waals surface area contributed by atoms with Gasteiger partial charge in [0.05, 0.1) is 6.10 Å². The summed E-state index contributed by atoms with van der Waals surface area (Å²) in [5, 5.41) is 14.7. The van der Waals surface area contributed by atoms with Gasteiger partial charge in [0.25, 0.3) is 0 Å². The lowest BCUT2D eigenvalue weighted by Gasteiger charge is -2.22. The molecule has 1 aromatic heterocycles. The van der Waals surface area contributed by atoms with Gasteiger partial charge in [-0.05, 0) is 19.3 Å². The van der Waals surface area contributed by atoms with Crippen molar-refractivity contribution in [2.75, 3.05) is 26.7 Å². The summed E-state index contributed by atoms with van der Waals surface area (Å²) in [6.07, 6.45) is 10.7. The van der Waals surface area contributed by atoms with Crippen LogP contribution < -0.4 is 10.6 Å². The number of hydrogen-bond acceptors (Lipinski definition) is 4. The van der Waals surface area contributed by atoms with Crippen LogP contribution in [0.4, 0.5) is 0 Å². The quantitative estimate of drug-likeness (QED) is 0.408. The normalized spacial score (nSPS) is 16.3. The molecule has 1 aliphatic carbocycles. The first-order valence-corrected chi connectivity index (χ1v) is 9.26. The topological polar surface area (TPSA) is 76.4 Å². The monoisotopic (exact) mass is 336 g/mol. The number of rotatable bonds is 9. The molecule has 2 N–H and O–H groups in total. The van der Waals surface area contributed by atoms with Gasteiger partial charge in [0.15, 0.2) is 5.96 Å². The van der Waals surface area contributed by atoms with E-state index in [1.165, 1.54) is 32.1 Å². The molecule has 1 aliphatic rings. The second-order valence-corrected chi connectivity index (χ2v) is 6.20. The van der Waals surface area contributed by atoms with Gasteiger partial charge >= 0.3 is 0 Å².